The Morgan fingerprint density at radius 1 is 1.03 bits per heavy atom. The second kappa shape index (κ2) is 9.02. The molecule has 2 aromatic heterocycles. The second-order valence-corrected chi connectivity index (χ2v) is 8.78. The molecule has 0 fully saturated rings. The monoisotopic (exact) mass is 449 g/mol. The van der Waals surface area contributed by atoms with Crippen LogP contribution in [0, 0.1) is 13.8 Å². The van der Waals surface area contributed by atoms with Crippen LogP contribution in [0.4, 0.5) is 5.69 Å². The standard InChI is InChI=1S/C29H27N3O2/c1-19-15-25(21(3)31-24-7-5-4-6-8-24)29-26(16-19)27(33)20(2)28(34-29)23-11-9-22(10-12-23)17-32-14-13-30-18-32/h4-16,18,21,31H,17H2,1-3H3/t21-/m1/s1. The molecule has 5 rings (SSSR count). The maximum atomic E-state index is 13.4. The lowest BCUT2D eigenvalue weighted by atomic mass is 9.98. The molecule has 0 saturated heterocycles. The Balaban J connectivity index is 1.57. The number of para-hydroxylation sites is 1. The summed E-state index contributed by atoms with van der Waals surface area (Å²) in [5.74, 6) is 0.615. The number of hydrogen-bond acceptors (Lipinski definition) is 4. The van der Waals surface area contributed by atoms with Crippen LogP contribution in [0.3, 0.4) is 0 Å². The number of fused-ring (bicyclic) bond motifs is 1. The van der Waals surface area contributed by atoms with E-state index in [2.05, 4.69) is 35.4 Å². The van der Waals surface area contributed by atoms with Crippen LogP contribution in [0.15, 0.2) is 94.7 Å². The zero-order valence-corrected chi connectivity index (χ0v) is 19.6. The molecule has 0 saturated carbocycles. The highest BCUT2D eigenvalue weighted by atomic mass is 16.3. The van der Waals surface area contributed by atoms with Gasteiger partial charge in [0.05, 0.1) is 17.8 Å². The van der Waals surface area contributed by atoms with Crippen molar-refractivity contribution in [2.75, 3.05) is 5.32 Å². The van der Waals surface area contributed by atoms with Gasteiger partial charge in [0.25, 0.3) is 0 Å². The largest absolute Gasteiger partial charge is 0.455 e. The van der Waals surface area contributed by atoms with Crippen molar-refractivity contribution < 1.29 is 4.42 Å². The third-order valence-corrected chi connectivity index (χ3v) is 6.16. The topological polar surface area (TPSA) is 60.1 Å². The molecule has 5 heteroatoms. The Hall–Kier alpha value is -4.12. The van der Waals surface area contributed by atoms with Crippen molar-refractivity contribution >= 4 is 16.7 Å². The molecule has 1 N–H and O–H groups in total. The fourth-order valence-electron chi connectivity index (χ4n) is 4.38. The number of nitrogens with one attached hydrogen (secondary N) is 1. The molecule has 0 radical (unpaired) electrons. The lowest BCUT2D eigenvalue weighted by Crippen LogP contribution is -2.12. The van der Waals surface area contributed by atoms with Crippen LogP contribution in [0.25, 0.3) is 22.3 Å². The minimum atomic E-state index is -0.0407. The zero-order valence-electron chi connectivity index (χ0n) is 19.6. The fourth-order valence-corrected chi connectivity index (χ4v) is 4.38. The third-order valence-electron chi connectivity index (χ3n) is 6.16. The van der Waals surface area contributed by atoms with Gasteiger partial charge in [-0.3, -0.25) is 4.79 Å². The summed E-state index contributed by atoms with van der Waals surface area (Å²) in [5.41, 5.74) is 6.33. The maximum Gasteiger partial charge on any atom is 0.196 e. The van der Waals surface area contributed by atoms with E-state index in [1.165, 1.54) is 0 Å². The first-order chi connectivity index (χ1) is 16.5. The molecule has 34 heavy (non-hydrogen) atoms. The highest BCUT2D eigenvalue weighted by Crippen LogP contribution is 2.32. The van der Waals surface area contributed by atoms with Crippen LogP contribution < -0.4 is 10.7 Å². The van der Waals surface area contributed by atoms with E-state index < -0.39 is 0 Å². The molecule has 0 aliphatic rings. The normalized spacial score (nSPS) is 12.1. The summed E-state index contributed by atoms with van der Waals surface area (Å²) in [4.78, 5) is 17.5. The van der Waals surface area contributed by atoms with E-state index in [0.29, 0.717) is 22.3 Å². The number of hydrogen-bond donors (Lipinski definition) is 1. The van der Waals surface area contributed by atoms with Gasteiger partial charge in [-0.25, -0.2) is 4.98 Å². The van der Waals surface area contributed by atoms with E-state index in [9.17, 15) is 4.79 Å². The van der Waals surface area contributed by atoms with E-state index in [1.807, 2.05) is 73.1 Å². The van der Waals surface area contributed by atoms with Gasteiger partial charge in [0.1, 0.15) is 11.3 Å². The quantitative estimate of drug-likeness (QED) is 0.322. The van der Waals surface area contributed by atoms with Crippen LogP contribution in [0.1, 0.15) is 35.2 Å². The summed E-state index contributed by atoms with van der Waals surface area (Å²) < 4.78 is 8.51. The molecule has 0 spiro atoms. The first-order valence-electron chi connectivity index (χ1n) is 11.4. The Bertz CT molecular complexity index is 1490. The van der Waals surface area contributed by atoms with Crippen molar-refractivity contribution in [3.05, 3.63) is 118 Å². The number of rotatable bonds is 6. The SMILES string of the molecule is Cc1cc([C@@H](C)Nc2ccccc2)c2oc(-c3ccc(Cn4ccnc4)cc3)c(C)c(=O)c2c1. The Kier molecular flexibility index (Phi) is 5.76. The minimum absolute atomic E-state index is 0.00982. The van der Waals surface area contributed by atoms with Crippen molar-refractivity contribution in [3.63, 3.8) is 0 Å². The van der Waals surface area contributed by atoms with Gasteiger partial charge in [-0.15, -0.1) is 0 Å². The van der Waals surface area contributed by atoms with Crippen LogP contribution >= 0.6 is 0 Å². The van der Waals surface area contributed by atoms with Crippen LogP contribution in [0.5, 0.6) is 0 Å². The Labute approximate surface area is 198 Å². The number of anilines is 1. The number of imidazole rings is 1. The molecule has 5 nitrogen and oxygen atoms in total. The molecule has 0 amide bonds. The lowest BCUT2D eigenvalue weighted by Gasteiger charge is -2.19. The molecule has 0 aliphatic heterocycles. The van der Waals surface area contributed by atoms with Gasteiger partial charge in [0.15, 0.2) is 5.43 Å². The average Bonchev–Trinajstić information content (AvgIpc) is 3.35. The van der Waals surface area contributed by atoms with Crippen molar-refractivity contribution in [1.29, 1.82) is 0 Å². The predicted octanol–water partition coefficient (Wildman–Crippen LogP) is 6.49. The summed E-state index contributed by atoms with van der Waals surface area (Å²) in [5, 5.41) is 4.15. The lowest BCUT2D eigenvalue weighted by molar-refractivity contribution is 0.605. The van der Waals surface area contributed by atoms with E-state index >= 15 is 0 Å². The van der Waals surface area contributed by atoms with Crippen molar-refractivity contribution in [2.45, 2.75) is 33.4 Å². The van der Waals surface area contributed by atoms with Crippen LogP contribution in [-0.4, -0.2) is 9.55 Å². The van der Waals surface area contributed by atoms with Gasteiger partial charge < -0.3 is 14.3 Å². The van der Waals surface area contributed by atoms with Gasteiger partial charge in [-0.1, -0.05) is 48.5 Å². The highest BCUT2D eigenvalue weighted by Gasteiger charge is 2.19. The van der Waals surface area contributed by atoms with E-state index in [4.69, 9.17) is 4.42 Å². The van der Waals surface area contributed by atoms with Crippen molar-refractivity contribution in [3.8, 4) is 11.3 Å². The van der Waals surface area contributed by atoms with Gasteiger partial charge in [-0.05, 0) is 50.1 Å². The molecule has 0 bridgehead atoms. The molecule has 3 aromatic carbocycles. The van der Waals surface area contributed by atoms with Gasteiger partial charge >= 0.3 is 0 Å². The summed E-state index contributed by atoms with van der Waals surface area (Å²) in [6, 6.07) is 22.2. The molecule has 170 valence electrons. The molecule has 1 atom stereocenters. The second-order valence-electron chi connectivity index (χ2n) is 8.78. The Morgan fingerprint density at radius 2 is 1.79 bits per heavy atom. The molecule has 0 aliphatic carbocycles. The number of benzene rings is 3. The maximum absolute atomic E-state index is 13.4. The smallest absolute Gasteiger partial charge is 0.196 e. The fraction of sp³-hybridized carbons (Fsp3) is 0.172. The summed E-state index contributed by atoms with van der Waals surface area (Å²) >= 11 is 0. The highest BCUT2D eigenvalue weighted by molar-refractivity contribution is 5.84. The average molecular weight is 450 g/mol. The first kappa shape index (κ1) is 21.7. The summed E-state index contributed by atoms with van der Waals surface area (Å²) in [7, 11) is 0. The first-order valence-corrected chi connectivity index (χ1v) is 11.4. The molecule has 0 unspecified atom stereocenters. The Morgan fingerprint density at radius 3 is 2.50 bits per heavy atom. The molecular formula is C29H27N3O2. The molecule has 5 aromatic rings. The predicted molar refractivity (Wildman–Crippen MR) is 137 cm³/mol. The zero-order chi connectivity index (χ0) is 23.7. The van der Waals surface area contributed by atoms with E-state index in [-0.39, 0.29) is 11.5 Å². The van der Waals surface area contributed by atoms with Gasteiger partial charge in [-0.2, -0.15) is 0 Å². The number of nitrogens with zero attached hydrogens (tertiary/aromatic N) is 2. The summed E-state index contributed by atoms with van der Waals surface area (Å²) in [6.07, 6.45) is 5.51. The van der Waals surface area contributed by atoms with Crippen molar-refractivity contribution in [1.82, 2.24) is 9.55 Å². The number of aromatic nitrogens is 2. The van der Waals surface area contributed by atoms with E-state index in [0.717, 1.165) is 34.5 Å². The molecule has 2 heterocycles. The van der Waals surface area contributed by atoms with Crippen molar-refractivity contribution in [2.24, 2.45) is 0 Å². The summed E-state index contributed by atoms with van der Waals surface area (Å²) in [6.45, 7) is 6.69. The number of aryl methyl sites for hydroxylation is 1. The van der Waals surface area contributed by atoms with Gasteiger partial charge in [0, 0.05) is 41.3 Å². The van der Waals surface area contributed by atoms with E-state index in [1.54, 1.807) is 12.5 Å². The van der Waals surface area contributed by atoms with Crippen LogP contribution in [0.2, 0.25) is 0 Å². The van der Waals surface area contributed by atoms with Gasteiger partial charge in [0.2, 0.25) is 0 Å². The molecular weight excluding hydrogens is 422 g/mol. The van der Waals surface area contributed by atoms with Crippen LogP contribution in [-0.2, 0) is 6.54 Å². The minimum Gasteiger partial charge on any atom is -0.455 e. The third kappa shape index (κ3) is 4.25.